The number of nitrogens with zero attached hydrogens (tertiary/aromatic N) is 1. The van der Waals surface area contributed by atoms with Gasteiger partial charge in [-0.25, -0.2) is 0 Å². The SMILES string of the molecule is c1cc[n+]2c(c1)NCS2. The Labute approximate surface area is 58.0 Å². The minimum atomic E-state index is 0.990. The Bertz CT molecular complexity index is 201. The quantitative estimate of drug-likeness (QED) is 0.536. The molecule has 1 N–H and O–H groups in total. The van der Waals surface area contributed by atoms with Crippen molar-refractivity contribution < 1.29 is 3.97 Å². The van der Waals surface area contributed by atoms with Crippen molar-refractivity contribution in [2.45, 2.75) is 0 Å². The fourth-order valence-corrected chi connectivity index (χ4v) is 1.63. The standard InChI is InChI=1S/C6H6N2S/c1-2-4-8-6(3-1)7-5-9-8/h1-4H,5H2/p+1. The zero-order chi connectivity index (χ0) is 6.10. The summed E-state index contributed by atoms with van der Waals surface area (Å²) in [5.41, 5.74) is 0. The maximum atomic E-state index is 3.23. The molecule has 1 aliphatic rings. The molecule has 0 atom stereocenters. The summed E-state index contributed by atoms with van der Waals surface area (Å²) < 4.78 is 2.12. The van der Waals surface area contributed by atoms with Crippen molar-refractivity contribution >= 4 is 17.8 Å². The Hall–Kier alpha value is -0.700. The highest BCUT2D eigenvalue weighted by molar-refractivity contribution is 7.93. The highest BCUT2D eigenvalue weighted by Gasteiger charge is 2.15. The highest BCUT2D eigenvalue weighted by atomic mass is 32.2. The van der Waals surface area contributed by atoms with E-state index in [-0.39, 0.29) is 0 Å². The number of pyridine rings is 1. The topological polar surface area (TPSA) is 15.9 Å². The van der Waals surface area contributed by atoms with Crippen LogP contribution in [0.3, 0.4) is 0 Å². The molecule has 1 aliphatic heterocycles. The first-order chi connectivity index (χ1) is 4.47. The second-order valence-corrected chi connectivity index (χ2v) is 2.80. The van der Waals surface area contributed by atoms with Gasteiger partial charge in [0.05, 0.1) is 0 Å². The molecule has 0 aliphatic carbocycles. The molecule has 0 radical (unpaired) electrons. The second-order valence-electron chi connectivity index (χ2n) is 1.86. The van der Waals surface area contributed by atoms with Crippen LogP contribution in [0.25, 0.3) is 0 Å². The minimum Gasteiger partial charge on any atom is -0.260 e. The van der Waals surface area contributed by atoms with Crippen LogP contribution in [0.4, 0.5) is 5.82 Å². The van der Waals surface area contributed by atoms with Crippen LogP contribution in [-0.4, -0.2) is 5.88 Å². The van der Waals surface area contributed by atoms with Gasteiger partial charge in [0.2, 0.25) is 0 Å². The maximum absolute atomic E-state index is 3.23. The molecule has 0 saturated carbocycles. The zero-order valence-corrected chi connectivity index (χ0v) is 5.69. The Morgan fingerprint density at radius 2 is 2.56 bits per heavy atom. The lowest BCUT2D eigenvalue weighted by Crippen LogP contribution is -2.20. The van der Waals surface area contributed by atoms with E-state index in [4.69, 9.17) is 0 Å². The van der Waals surface area contributed by atoms with Gasteiger partial charge in [-0.15, -0.1) is 0 Å². The molecule has 0 fully saturated rings. The van der Waals surface area contributed by atoms with E-state index in [1.54, 1.807) is 11.9 Å². The lowest BCUT2D eigenvalue weighted by atomic mass is 10.5. The number of fused-ring (bicyclic) bond motifs is 1. The summed E-state index contributed by atoms with van der Waals surface area (Å²) >= 11 is 1.77. The molecule has 2 nitrogen and oxygen atoms in total. The van der Waals surface area contributed by atoms with Crippen molar-refractivity contribution in [1.29, 1.82) is 0 Å². The number of rotatable bonds is 0. The van der Waals surface area contributed by atoms with Crippen LogP contribution in [0, 0.1) is 0 Å². The molecular weight excluding hydrogens is 132 g/mol. The molecule has 3 heteroatoms. The third-order valence-corrected chi connectivity index (χ3v) is 2.15. The van der Waals surface area contributed by atoms with Gasteiger partial charge in [-0.3, -0.25) is 5.32 Å². The fraction of sp³-hybridized carbons (Fsp3) is 0.167. The van der Waals surface area contributed by atoms with Crippen LogP contribution >= 0.6 is 11.9 Å². The van der Waals surface area contributed by atoms with Crippen molar-refractivity contribution in [3.63, 3.8) is 0 Å². The van der Waals surface area contributed by atoms with Crippen molar-refractivity contribution in [3.05, 3.63) is 24.4 Å². The van der Waals surface area contributed by atoms with E-state index < -0.39 is 0 Å². The Balaban J connectivity index is 2.54. The summed E-state index contributed by atoms with van der Waals surface area (Å²) in [7, 11) is 0. The van der Waals surface area contributed by atoms with Crippen molar-refractivity contribution in [3.8, 4) is 0 Å². The van der Waals surface area contributed by atoms with Crippen LogP contribution in [0.5, 0.6) is 0 Å². The summed E-state index contributed by atoms with van der Waals surface area (Å²) in [4.78, 5) is 0. The van der Waals surface area contributed by atoms with Gasteiger partial charge in [0.25, 0.3) is 5.82 Å². The largest absolute Gasteiger partial charge is 0.287 e. The maximum Gasteiger partial charge on any atom is 0.287 e. The molecule has 0 aromatic carbocycles. The lowest BCUT2D eigenvalue weighted by Gasteiger charge is -1.86. The number of nitrogens with one attached hydrogen (secondary N) is 1. The average molecular weight is 139 g/mol. The van der Waals surface area contributed by atoms with E-state index in [0.717, 1.165) is 5.88 Å². The number of anilines is 1. The van der Waals surface area contributed by atoms with Gasteiger partial charge < -0.3 is 0 Å². The molecule has 0 saturated heterocycles. The number of hydrogen-bond acceptors (Lipinski definition) is 2. The van der Waals surface area contributed by atoms with Gasteiger partial charge in [-0.1, -0.05) is 6.07 Å². The van der Waals surface area contributed by atoms with Gasteiger partial charge in [-0.05, 0) is 6.07 Å². The minimum absolute atomic E-state index is 0.990. The molecule has 1 aromatic heterocycles. The molecule has 0 unspecified atom stereocenters. The van der Waals surface area contributed by atoms with Crippen LogP contribution in [0.1, 0.15) is 0 Å². The Morgan fingerprint density at radius 1 is 1.56 bits per heavy atom. The van der Waals surface area contributed by atoms with Gasteiger partial charge in [0.1, 0.15) is 18.1 Å². The molecule has 2 rings (SSSR count). The first-order valence-corrected chi connectivity index (χ1v) is 3.79. The molecule has 0 bridgehead atoms. The summed E-state index contributed by atoms with van der Waals surface area (Å²) in [5, 5.41) is 3.23. The smallest absolute Gasteiger partial charge is 0.260 e. The van der Waals surface area contributed by atoms with Gasteiger partial charge >= 0.3 is 0 Å². The summed E-state index contributed by atoms with van der Waals surface area (Å²) in [5.74, 6) is 2.19. The number of aromatic nitrogens is 1. The molecule has 0 amide bonds. The van der Waals surface area contributed by atoms with Crippen molar-refractivity contribution in [2.24, 2.45) is 0 Å². The predicted octanol–water partition coefficient (Wildman–Crippen LogP) is 0.853. The molecule has 9 heavy (non-hydrogen) atoms. The third-order valence-electron chi connectivity index (χ3n) is 1.28. The van der Waals surface area contributed by atoms with E-state index in [0.29, 0.717) is 0 Å². The first kappa shape index (κ1) is 5.11. The monoisotopic (exact) mass is 139 g/mol. The van der Waals surface area contributed by atoms with Gasteiger partial charge in [0.15, 0.2) is 5.88 Å². The normalized spacial score (nSPS) is 14.7. The summed E-state index contributed by atoms with van der Waals surface area (Å²) in [6.07, 6.45) is 2.06. The van der Waals surface area contributed by atoms with Crippen LogP contribution in [0.15, 0.2) is 24.4 Å². The van der Waals surface area contributed by atoms with E-state index in [1.807, 2.05) is 12.1 Å². The van der Waals surface area contributed by atoms with Crippen LogP contribution in [0.2, 0.25) is 0 Å². The van der Waals surface area contributed by atoms with Crippen LogP contribution < -0.4 is 9.29 Å². The highest BCUT2D eigenvalue weighted by Crippen LogP contribution is 2.10. The molecule has 0 spiro atoms. The van der Waals surface area contributed by atoms with E-state index in [1.165, 1.54) is 5.82 Å². The zero-order valence-electron chi connectivity index (χ0n) is 4.87. The Morgan fingerprint density at radius 3 is 3.44 bits per heavy atom. The molecule has 46 valence electrons. The van der Waals surface area contributed by atoms with Crippen molar-refractivity contribution in [1.82, 2.24) is 0 Å². The van der Waals surface area contributed by atoms with Gasteiger partial charge in [0, 0.05) is 6.07 Å². The molecule has 1 aromatic rings. The number of hydrogen-bond donors (Lipinski definition) is 1. The Kier molecular flexibility index (Phi) is 1.09. The third kappa shape index (κ3) is 0.772. The average Bonchev–Trinajstić information content (AvgIpc) is 2.33. The fourth-order valence-electron chi connectivity index (χ4n) is 0.854. The summed E-state index contributed by atoms with van der Waals surface area (Å²) in [6.45, 7) is 0. The predicted molar refractivity (Wildman–Crippen MR) is 38.1 cm³/mol. The van der Waals surface area contributed by atoms with E-state index in [2.05, 4.69) is 21.6 Å². The van der Waals surface area contributed by atoms with E-state index in [9.17, 15) is 0 Å². The van der Waals surface area contributed by atoms with E-state index >= 15 is 0 Å². The van der Waals surface area contributed by atoms with Gasteiger partial charge in [-0.2, -0.15) is 3.97 Å². The van der Waals surface area contributed by atoms with Crippen LogP contribution in [-0.2, 0) is 0 Å². The second kappa shape index (κ2) is 1.92. The van der Waals surface area contributed by atoms with Crippen molar-refractivity contribution in [2.75, 3.05) is 11.2 Å². The lowest BCUT2D eigenvalue weighted by molar-refractivity contribution is -0.473. The first-order valence-electron chi connectivity index (χ1n) is 2.85. The summed E-state index contributed by atoms with van der Waals surface area (Å²) in [6, 6.07) is 6.13. The molecular formula is C6H7N2S+. The molecule has 2 heterocycles.